The third-order valence-electron chi connectivity index (χ3n) is 3.20. The lowest BCUT2D eigenvalue weighted by Crippen LogP contribution is -2.44. The molecule has 0 aliphatic heterocycles. The highest BCUT2D eigenvalue weighted by molar-refractivity contribution is 6.83. The molecule has 0 spiro atoms. The van der Waals surface area contributed by atoms with Crippen molar-refractivity contribution in [3.05, 3.63) is 36.4 Å². The van der Waals surface area contributed by atoms with Gasteiger partial charge >= 0.3 is 0 Å². The zero-order chi connectivity index (χ0) is 11.7. The molecule has 0 nitrogen and oxygen atoms in total. The summed E-state index contributed by atoms with van der Waals surface area (Å²) in [5.41, 5.74) is 0. The van der Waals surface area contributed by atoms with Gasteiger partial charge in [-0.1, -0.05) is 73.0 Å². The quantitative estimate of drug-likeness (QED) is 0.711. The summed E-state index contributed by atoms with van der Waals surface area (Å²) in [7, 11) is -1.44. The van der Waals surface area contributed by atoms with Crippen LogP contribution < -0.4 is 10.4 Å². The largest absolute Gasteiger partial charge is 0.0682 e. The topological polar surface area (TPSA) is 0 Å². The lowest BCUT2D eigenvalue weighted by molar-refractivity contribution is 1.77. The Morgan fingerprint density at radius 3 is 2.06 bits per heavy atom. The molecule has 0 unspecified atom stereocenters. The summed E-state index contributed by atoms with van der Waals surface area (Å²) in [6, 6.07) is 13.5. The van der Waals surface area contributed by atoms with Crippen molar-refractivity contribution in [1.82, 2.24) is 0 Å². The standard InChI is InChI=1S/C14H20Si2/c1-15(2)13-10-9-11-7-5-6-8-12(11)14(13)16(3)4/h5-10,15-16H,1-4H3. The van der Waals surface area contributed by atoms with Gasteiger partial charge in [0.1, 0.15) is 0 Å². The molecule has 0 aliphatic carbocycles. The molecule has 0 N–H and O–H groups in total. The summed E-state index contributed by atoms with van der Waals surface area (Å²) >= 11 is 0. The van der Waals surface area contributed by atoms with Gasteiger partial charge in [-0.2, -0.15) is 0 Å². The second-order valence-corrected chi connectivity index (χ2v) is 10.9. The number of rotatable bonds is 2. The lowest BCUT2D eigenvalue weighted by atomic mass is 10.1. The number of hydrogen-bond donors (Lipinski definition) is 0. The summed E-state index contributed by atoms with van der Waals surface area (Å²) in [5, 5.41) is 6.35. The zero-order valence-electron chi connectivity index (χ0n) is 10.6. The average molecular weight is 244 g/mol. The molecular weight excluding hydrogens is 224 g/mol. The predicted octanol–water partition coefficient (Wildman–Crippen LogP) is 2.23. The first-order valence-electron chi connectivity index (χ1n) is 6.12. The average Bonchev–Trinajstić information content (AvgIpc) is 2.27. The highest BCUT2D eigenvalue weighted by Crippen LogP contribution is 2.11. The molecule has 2 heteroatoms. The SMILES string of the molecule is C[SiH](C)c1ccc2ccccc2c1[SiH](C)C. The fourth-order valence-electron chi connectivity index (χ4n) is 2.46. The molecule has 0 heterocycles. The summed E-state index contributed by atoms with van der Waals surface area (Å²) in [4.78, 5) is 0. The van der Waals surface area contributed by atoms with Crippen molar-refractivity contribution in [3.8, 4) is 0 Å². The van der Waals surface area contributed by atoms with Crippen molar-refractivity contribution in [2.75, 3.05) is 0 Å². The van der Waals surface area contributed by atoms with Gasteiger partial charge < -0.3 is 0 Å². The third-order valence-corrected chi connectivity index (χ3v) is 7.08. The molecule has 2 aromatic rings. The highest BCUT2D eigenvalue weighted by atomic mass is 28.3. The molecule has 16 heavy (non-hydrogen) atoms. The molecule has 0 saturated carbocycles. The molecule has 0 aromatic heterocycles. The molecule has 0 saturated heterocycles. The molecule has 2 aromatic carbocycles. The Bertz CT molecular complexity index is 501. The minimum absolute atomic E-state index is 0.697. The van der Waals surface area contributed by atoms with Crippen LogP contribution in [0.2, 0.25) is 26.2 Å². The van der Waals surface area contributed by atoms with Crippen LogP contribution in [0.25, 0.3) is 10.8 Å². The maximum absolute atomic E-state index is 2.45. The van der Waals surface area contributed by atoms with E-state index in [0.717, 1.165) is 0 Å². The van der Waals surface area contributed by atoms with E-state index in [1.165, 1.54) is 10.8 Å². The lowest BCUT2D eigenvalue weighted by Gasteiger charge is -2.17. The van der Waals surface area contributed by atoms with Crippen molar-refractivity contribution in [2.24, 2.45) is 0 Å². The van der Waals surface area contributed by atoms with Gasteiger partial charge in [0.25, 0.3) is 0 Å². The minimum atomic E-state index is -0.740. The third kappa shape index (κ3) is 1.99. The van der Waals surface area contributed by atoms with Crippen molar-refractivity contribution < 1.29 is 0 Å². The smallest absolute Gasteiger partial charge is 0.0653 e. The van der Waals surface area contributed by atoms with Crippen LogP contribution in [-0.4, -0.2) is 17.6 Å². The van der Waals surface area contributed by atoms with E-state index in [1.54, 1.807) is 10.4 Å². The first kappa shape index (κ1) is 11.6. The van der Waals surface area contributed by atoms with E-state index < -0.39 is 17.6 Å². The van der Waals surface area contributed by atoms with E-state index in [2.05, 4.69) is 62.6 Å². The van der Waals surface area contributed by atoms with Crippen molar-refractivity contribution in [1.29, 1.82) is 0 Å². The molecule has 0 radical (unpaired) electrons. The second-order valence-electron chi connectivity index (χ2n) is 5.10. The summed E-state index contributed by atoms with van der Waals surface area (Å²) in [6.45, 7) is 9.76. The first-order valence-corrected chi connectivity index (χ1v) is 11.9. The van der Waals surface area contributed by atoms with Gasteiger partial charge in [0.2, 0.25) is 0 Å². The monoisotopic (exact) mass is 244 g/mol. The van der Waals surface area contributed by atoms with Crippen LogP contribution in [0.5, 0.6) is 0 Å². The van der Waals surface area contributed by atoms with Gasteiger partial charge in [-0.05, 0) is 10.8 Å². The van der Waals surface area contributed by atoms with E-state index in [1.807, 2.05) is 0 Å². The maximum atomic E-state index is 2.45. The Morgan fingerprint density at radius 1 is 0.750 bits per heavy atom. The number of hydrogen-bond acceptors (Lipinski definition) is 0. The van der Waals surface area contributed by atoms with Crippen molar-refractivity contribution >= 4 is 38.7 Å². The van der Waals surface area contributed by atoms with E-state index in [-0.39, 0.29) is 0 Å². The second kappa shape index (κ2) is 4.56. The van der Waals surface area contributed by atoms with Crippen LogP contribution in [0.15, 0.2) is 36.4 Å². The van der Waals surface area contributed by atoms with Gasteiger partial charge in [0, 0.05) is 0 Å². The van der Waals surface area contributed by atoms with E-state index in [4.69, 9.17) is 0 Å². The fourth-order valence-corrected chi connectivity index (χ4v) is 7.37. The predicted molar refractivity (Wildman–Crippen MR) is 81.0 cm³/mol. The summed E-state index contributed by atoms with van der Waals surface area (Å²) in [5.74, 6) is 0. The summed E-state index contributed by atoms with van der Waals surface area (Å²) < 4.78 is 0. The van der Waals surface area contributed by atoms with Gasteiger partial charge in [-0.25, -0.2) is 0 Å². The normalized spacial score (nSPS) is 11.6. The first-order chi connectivity index (χ1) is 7.61. The maximum Gasteiger partial charge on any atom is 0.0653 e. The van der Waals surface area contributed by atoms with E-state index in [9.17, 15) is 0 Å². The van der Waals surface area contributed by atoms with E-state index >= 15 is 0 Å². The van der Waals surface area contributed by atoms with Crippen molar-refractivity contribution in [3.63, 3.8) is 0 Å². The van der Waals surface area contributed by atoms with Crippen molar-refractivity contribution in [2.45, 2.75) is 26.2 Å². The molecule has 0 atom stereocenters. The van der Waals surface area contributed by atoms with Gasteiger partial charge in [-0.15, -0.1) is 0 Å². The molecular formula is C14H20Si2. The molecule has 2 rings (SSSR count). The molecule has 0 fully saturated rings. The molecule has 84 valence electrons. The van der Waals surface area contributed by atoms with Crippen LogP contribution in [0.4, 0.5) is 0 Å². The van der Waals surface area contributed by atoms with Crippen LogP contribution in [0.3, 0.4) is 0 Å². The van der Waals surface area contributed by atoms with Crippen LogP contribution in [-0.2, 0) is 0 Å². The molecule has 0 amide bonds. The fraction of sp³-hybridized carbons (Fsp3) is 0.286. The minimum Gasteiger partial charge on any atom is -0.0682 e. The molecule has 0 bridgehead atoms. The Balaban J connectivity index is 2.79. The van der Waals surface area contributed by atoms with Crippen LogP contribution in [0, 0.1) is 0 Å². The molecule has 0 aliphatic rings. The van der Waals surface area contributed by atoms with Crippen LogP contribution in [0.1, 0.15) is 0 Å². The number of benzene rings is 2. The zero-order valence-corrected chi connectivity index (χ0v) is 12.9. The Morgan fingerprint density at radius 2 is 1.44 bits per heavy atom. The Hall–Kier alpha value is -0.866. The number of fused-ring (bicyclic) bond motifs is 1. The van der Waals surface area contributed by atoms with Gasteiger partial charge in [0.15, 0.2) is 0 Å². The Labute approximate surface area is 102 Å². The summed E-state index contributed by atoms with van der Waals surface area (Å²) in [6.07, 6.45) is 0. The van der Waals surface area contributed by atoms with E-state index in [0.29, 0.717) is 0 Å². The van der Waals surface area contributed by atoms with Gasteiger partial charge in [0.05, 0.1) is 17.6 Å². The van der Waals surface area contributed by atoms with Gasteiger partial charge in [-0.3, -0.25) is 0 Å². The van der Waals surface area contributed by atoms with Crippen LogP contribution >= 0.6 is 0 Å². The highest BCUT2D eigenvalue weighted by Gasteiger charge is 2.14. The Kier molecular flexibility index (Phi) is 3.31.